The van der Waals surface area contributed by atoms with Crippen molar-refractivity contribution >= 4 is 5.91 Å². The lowest BCUT2D eigenvalue weighted by atomic mass is 9.81. The van der Waals surface area contributed by atoms with Crippen LogP contribution in [0.25, 0.3) is 0 Å². The molecule has 0 aromatic carbocycles. The summed E-state index contributed by atoms with van der Waals surface area (Å²) in [4.78, 5) is 19.3. The molecule has 1 saturated heterocycles. The van der Waals surface area contributed by atoms with Gasteiger partial charge in [0.2, 0.25) is 5.91 Å². The van der Waals surface area contributed by atoms with Gasteiger partial charge in [0.15, 0.2) is 0 Å². The number of hydrogen-bond donors (Lipinski definition) is 3. The molecule has 1 aromatic heterocycles. The number of carbonyl (C=O) groups is 1. The van der Waals surface area contributed by atoms with Crippen LogP contribution in [0.4, 0.5) is 0 Å². The quantitative estimate of drug-likeness (QED) is 0.708. The molecule has 1 atom stereocenters. The Bertz CT molecular complexity index is 355. The molecule has 0 spiro atoms. The van der Waals surface area contributed by atoms with Gasteiger partial charge in [-0.3, -0.25) is 4.79 Å². The molecule has 94 valence electrons. The monoisotopic (exact) mass is 236 g/mol. The summed E-state index contributed by atoms with van der Waals surface area (Å²) in [5.41, 5.74) is -0.207. The van der Waals surface area contributed by atoms with E-state index in [0.29, 0.717) is 6.54 Å². The molecule has 0 aliphatic carbocycles. The van der Waals surface area contributed by atoms with E-state index < -0.39 is 0 Å². The first-order valence-corrected chi connectivity index (χ1v) is 6.24. The number of aromatic nitrogens is 2. The minimum atomic E-state index is -0.207. The lowest BCUT2D eigenvalue weighted by Gasteiger charge is -2.26. The van der Waals surface area contributed by atoms with Gasteiger partial charge >= 0.3 is 0 Å². The van der Waals surface area contributed by atoms with E-state index in [4.69, 9.17) is 0 Å². The van der Waals surface area contributed by atoms with Crippen molar-refractivity contribution in [2.24, 2.45) is 5.41 Å². The van der Waals surface area contributed by atoms with Crippen molar-refractivity contribution in [3.8, 4) is 0 Å². The molecular weight excluding hydrogens is 216 g/mol. The van der Waals surface area contributed by atoms with E-state index in [0.717, 1.165) is 38.2 Å². The molecule has 1 aromatic rings. The van der Waals surface area contributed by atoms with Gasteiger partial charge in [0.25, 0.3) is 0 Å². The zero-order chi connectivity index (χ0) is 12.1. The number of rotatable bonds is 5. The molecular formula is C12H20N4O. The smallest absolute Gasteiger partial charge is 0.227 e. The minimum absolute atomic E-state index is 0.153. The van der Waals surface area contributed by atoms with Crippen LogP contribution in [0.5, 0.6) is 0 Å². The SMILES string of the molecule is CCCC1(C(=O)NCc2ncc[nH]2)CCNC1. The van der Waals surface area contributed by atoms with Crippen LogP contribution in [0.1, 0.15) is 32.0 Å². The molecule has 1 fully saturated rings. The second-order valence-electron chi connectivity index (χ2n) is 4.68. The highest BCUT2D eigenvalue weighted by molar-refractivity contribution is 5.83. The topological polar surface area (TPSA) is 69.8 Å². The Morgan fingerprint density at radius 3 is 3.12 bits per heavy atom. The maximum absolute atomic E-state index is 12.3. The van der Waals surface area contributed by atoms with Gasteiger partial charge in [-0.1, -0.05) is 13.3 Å². The number of nitrogens with one attached hydrogen (secondary N) is 3. The molecule has 1 unspecified atom stereocenters. The van der Waals surface area contributed by atoms with E-state index >= 15 is 0 Å². The summed E-state index contributed by atoms with van der Waals surface area (Å²) in [6.07, 6.45) is 6.38. The Hall–Kier alpha value is -1.36. The predicted octanol–water partition coefficient (Wildman–Crippen LogP) is 0.806. The molecule has 0 bridgehead atoms. The Morgan fingerprint density at radius 2 is 2.53 bits per heavy atom. The van der Waals surface area contributed by atoms with Gasteiger partial charge in [-0.15, -0.1) is 0 Å². The summed E-state index contributed by atoms with van der Waals surface area (Å²) >= 11 is 0. The zero-order valence-corrected chi connectivity index (χ0v) is 10.3. The zero-order valence-electron chi connectivity index (χ0n) is 10.3. The van der Waals surface area contributed by atoms with E-state index in [1.54, 1.807) is 12.4 Å². The second-order valence-corrected chi connectivity index (χ2v) is 4.68. The average molecular weight is 236 g/mol. The molecule has 2 rings (SSSR count). The molecule has 17 heavy (non-hydrogen) atoms. The molecule has 1 amide bonds. The third-order valence-electron chi connectivity index (χ3n) is 3.43. The van der Waals surface area contributed by atoms with Gasteiger partial charge in [-0.25, -0.2) is 4.98 Å². The number of carbonyl (C=O) groups excluding carboxylic acids is 1. The van der Waals surface area contributed by atoms with Crippen LogP contribution >= 0.6 is 0 Å². The Balaban J connectivity index is 1.92. The lowest BCUT2D eigenvalue weighted by molar-refractivity contribution is -0.130. The standard InChI is InChI=1S/C12H20N4O/c1-2-3-12(4-5-13-9-12)11(17)16-8-10-14-6-7-15-10/h6-7,13H,2-5,8-9H2,1H3,(H,14,15)(H,16,17). The van der Waals surface area contributed by atoms with Crippen LogP contribution in [0.2, 0.25) is 0 Å². The summed E-state index contributed by atoms with van der Waals surface area (Å²) in [6.45, 7) is 4.34. The first kappa shape index (κ1) is 12.1. The number of hydrogen-bond acceptors (Lipinski definition) is 3. The summed E-state index contributed by atoms with van der Waals surface area (Å²) in [5.74, 6) is 0.955. The fraction of sp³-hybridized carbons (Fsp3) is 0.667. The highest BCUT2D eigenvalue weighted by atomic mass is 16.2. The summed E-state index contributed by atoms with van der Waals surface area (Å²) in [6, 6.07) is 0. The van der Waals surface area contributed by atoms with Crippen LogP contribution in [0, 0.1) is 5.41 Å². The van der Waals surface area contributed by atoms with Crippen LogP contribution < -0.4 is 10.6 Å². The Morgan fingerprint density at radius 1 is 1.65 bits per heavy atom. The van der Waals surface area contributed by atoms with E-state index in [1.807, 2.05) is 0 Å². The number of imidazole rings is 1. The Kier molecular flexibility index (Phi) is 3.78. The molecule has 1 aliphatic heterocycles. The fourth-order valence-corrected chi connectivity index (χ4v) is 2.49. The van der Waals surface area contributed by atoms with Gasteiger partial charge in [-0.05, 0) is 19.4 Å². The van der Waals surface area contributed by atoms with Crippen LogP contribution in [0.15, 0.2) is 12.4 Å². The van der Waals surface area contributed by atoms with Crippen molar-refractivity contribution in [3.63, 3.8) is 0 Å². The van der Waals surface area contributed by atoms with E-state index in [1.165, 1.54) is 0 Å². The van der Waals surface area contributed by atoms with E-state index in [9.17, 15) is 4.79 Å². The average Bonchev–Trinajstić information content (AvgIpc) is 2.97. The molecule has 3 N–H and O–H groups in total. The molecule has 0 saturated carbocycles. The normalized spacial score (nSPS) is 23.8. The summed E-state index contributed by atoms with van der Waals surface area (Å²) in [5, 5.41) is 6.27. The molecule has 0 radical (unpaired) electrons. The predicted molar refractivity (Wildman–Crippen MR) is 65.3 cm³/mol. The van der Waals surface area contributed by atoms with Gasteiger partial charge in [0.05, 0.1) is 12.0 Å². The van der Waals surface area contributed by atoms with E-state index in [-0.39, 0.29) is 11.3 Å². The highest BCUT2D eigenvalue weighted by Crippen LogP contribution is 2.31. The number of nitrogens with zero attached hydrogens (tertiary/aromatic N) is 1. The van der Waals surface area contributed by atoms with Crippen molar-refractivity contribution in [1.82, 2.24) is 20.6 Å². The summed E-state index contributed by atoms with van der Waals surface area (Å²) in [7, 11) is 0. The van der Waals surface area contributed by atoms with Gasteiger partial charge in [0, 0.05) is 18.9 Å². The third kappa shape index (κ3) is 2.66. The van der Waals surface area contributed by atoms with Crippen molar-refractivity contribution in [2.45, 2.75) is 32.7 Å². The first-order chi connectivity index (χ1) is 8.27. The van der Waals surface area contributed by atoms with Crippen molar-refractivity contribution in [2.75, 3.05) is 13.1 Å². The first-order valence-electron chi connectivity index (χ1n) is 6.24. The van der Waals surface area contributed by atoms with Gasteiger partial charge in [0.1, 0.15) is 5.82 Å². The number of amides is 1. The fourth-order valence-electron chi connectivity index (χ4n) is 2.49. The van der Waals surface area contributed by atoms with Crippen LogP contribution in [0.3, 0.4) is 0 Å². The van der Waals surface area contributed by atoms with Crippen LogP contribution in [-0.4, -0.2) is 29.0 Å². The molecule has 1 aliphatic rings. The van der Waals surface area contributed by atoms with Crippen molar-refractivity contribution < 1.29 is 4.79 Å². The third-order valence-corrected chi connectivity index (χ3v) is 3.43. The van der Waals surface area contributed by atoms with E-state index in [2.05, 4.69) is 27.5 Å². The second kappa shape index (κ2) is 5.31. The van der Waals surface area contributed by atoms with Crippen molar-refractivity contribution in [3.05, 3.63) is 18.2 Å². The largest absolute Gasteiger partial charge is 0.348 e. The lowest BCUT2D eigenvalue weighted by Crippen LogP contribution is -2.42. The highest BCUT2D eigenvalue weighted by Gasteiger charge is 2.39. The van der Waals surface area contributed by atoms with Gasteiger partial charge in [-0.2, -0.15) is 0 Å². The van der Waals surface area contributed by atoms with Crippen LogP contribution in [-0.2, 0) is 11.3 Å². The maximum atomic E-state index is 12.3. The number of aromatic amines is 1. The van der Waals surface area contributed by atoms with Crippen molar-refractivity contribution in [1.29, 1.82) is 0 Å². The minimum Gasteiger partial charge on any atom is -0.348 e. The summed E-state index contributed by atoms with van der Waals surface area (Å²) < 4.78 is 0. The maximum Gasteiger partial charge on any atom is 0.227 e. The number of H-pyrrole nitrogens is 1. The Labute approximate surface area is 101 Å². The molecule has 5 nitrogen and oxygen atoms in total. The molecule has 5 heteroatoms. The van der Waals surface area contributed by atoms with Gasteiger partial charge < -0.3 is 15.6 Å². The molecule has 2 heterocycles.